The molecule has 3 amide bonds. The van der Waals surface area contributed by atoms with Crippen LogP contribution < -0.4 is 10.1 Å². The molecule has 0 spiro atoms. The monoisotopic (exact) mass is 525 g/mol. The minimum atomic E-state index is -0.401. The number of urea groups is 1. The summed E-state index contributed by atoms with van der Waals surface area (Å²) in [5.41, 5.74) is 2.44. The van der Waals surface area contributed by atoms with Gasteiger partial charge in [0.25, 0.3) is 0 Å². The highest BCUT2D eigenvalue weighted by Crippen LogP contribution is 2.24. The lowest BCUT2D eigenvalue weighted by atomic mass is 10.2. The molecule has 3 aromatic rings. The zero-order valence-electron chi connectivity index (χ0n) is 21.1. The van der Waals surface area contributed by atoms with Crippen molar-refractivity contribution in [2.45, 2.75) is 39.0 Å². The second-order valence-electron chi connectivity index (χ2n) is 9.05. The molecule has 2 heterocycles. The lowest BCUT2D eigenvalue weighted by molar-refractivity contribution is -0.133. The van der Waals surface area contributed by atoms with Crippen LogP contribution in [0.25, 0.3) is 0 Å². The Labute approximate surface area is 220 Å². The van der Waals surface area contributed by atoms with E-state index in [9.17, 15) is 14.0 Å². The summed E-state index contributed by atoms with van der Waals surface area (Å²) < 4.78 is 24.6. The van der Waals surface area contributed by atoms with Gasteiger partial charge in [-0.2, -0.15) is 0 Å². The number of hydrogen-bond donors (Lipinski definition) is 1. The summed E-state index contributed by atoms with van der Waals surface area (Å²) in [7, 11) is 1.54. The number of thiophene rings is 1. The molecule has 196 valence electrons. The number of methoxy groups -OCH3 is 1. The summed E-state index contributed by atoms with van der Waals surface area (Å²) in [6.07, 6.45) is 1.64. The summed E-state index contributed by atoms with van der Waals surface area (Å²) in [5, 5.41) is 4.88. The van der Waals surface area contributed by atoms with Crippen LogP contribution in [0.4, 0.5) is 14.9 Å². The first-order valence-electron chi connectivity index (χ1n) is 12.3. The summed E-state index contributed by atoms with van der Waals surface area (Å²) in [6, 6.07) is 14.9. The maximum Gasteiger partial charge on any atom is 0.322 e. The van der Waals surface area contributed by atoms with E-state index in [4.69, 9.17) is 9.47 Å². The molecule has 1 fully saturated rings. The van der Waals surface area contributed by atoms with Gasteiger partial charge in [0.15, 0.2) is 0 Å². The Hall–Kier alpha value is -3.43. The Balaban J connectivity index is 1.54. The maximum absolute atomic E-state index is 13.7. The number of nitrogens with one attached hydrogen (secondary N) is 1. The number of anilines is 1. The quantitative estimate of drug-likeness (QED) is 0.382. The molecule has 0 saturated carbocycles. The molecule has 9 heteroatoms. The minimum absolute atomic E-state index is 0.119. The van der Waals surface area contributed by atoms with Gasteiger partial charge < -0.3 is 24.6 Å². The molecule has 1 saturated heterocycles. The van der Waals surface area contributed by atoms with E-state index in [2.05, 4.69) is 5.32 Å². The van der Waals surface area contributed by atoms with E-state index in [-0.39, 0.29) is 24.4 Å². The van der Waals surface area contributed by atoms with Crippen LogP contribution in [0.1, 0.15) is 28.8 Å². The highest BCUT2D eigenvalue weighted by molar-refractivity contribution is 7.10. The highest BCUT2D eigenvalue weighted by Gasteiger charge is 2.27. The van der Waals surface area contributed by atoms with Crippen molar-refractivity contribution < 1.29 is 23.5 Å². The molecule has 1 aliphatic heterocycles. The van der Waals surface area contributed by atoms with E-state index in [0.29, 0.717) is 37.7 Å². The van der Waals surface area contributed by atoms with Gasteiger partial charge in [-0.25, -0.2) is 9.18 Å². The number of para-hydroxylation sites is 2. The molecule has 0 bridgehead atoms. The second kappa shape index (κ2) is 12.7. The van der Waals surface area contributed by atoms with Gasteiger partial charge in [0, 0.05) is 24.6 Å². The molecule has 37 heavy (non-hydrogen) atoms. The smallest absolute Gasteiger partial charge is 0.322 e. The molecule has 7 nitrogen and oxygen atoms in total. The molecular formula is C28H32FN3O4S. The molecule has 1 unspecified atom stereocenters. The van der Waals surface area contributed by atoms with E-state index < -0.39 is 6.03 Å². The van der Waals surface area contributed by atoms with Crippen LogP contribution in [0, 0.1) is 12.7 Å². The maximum atomic E-state index is 13.7. The van der Waals surface area contributed by atoms with Crippen molar-refractivity contribution in [3.63, 3.8) is 0 Å². The molecular weight excluding hydrogens is 493 g/mol. The highest BCUT2D eigenvalue weighted by atomic mass is 32.1. The van der Waals surface area contributed by atoms with E-state index in [1.165, 1.54) is 17.0 Å². The van der Waals surface area contributed by atoms with Gasteiger partial charge in [0.2, 0.25) is 5.91 Å². The Morgan fingerprint density at radius 3 is 2.57 bits per heavy atom. The van der Waals surface area contributed by atoms with Crippen LogP contribution in [-0.2, 0) is 22.6 Å². The molecule has 1 N–H and O–H groups in total. The molecule has 2 aromatic carbocycles. The number of hydrogen-bond acceptors (Lipinski definition) is 5. The number of carbonyl (C=O) groups excluding carboxylic acids is 2. The number of ether oxygens (including phenoxy) is 2. The van der Waals surface area contributed by atoms with E-state index >= 15 is 0 Å². The Kier molecular flexibility index (Phi) is 9.14. The largest absolute Gasteiger partial charge is 0.495 e. The Bertz CT molecular complexity index is 1190. The minimum Gasteiger partial charge on any atom is -0.495 e. The predicted molar refractivity (Wildman–Crippen MR) is 142 cm³/mol. The Morgan fingerprint density at radius 2 is 1.89 bits per heavy atom. The standard InChI is InChI=1S/C28H32FN3O4S/c1-20-13-15-37-26(20)18-31(16-21-9-11-22(29)12-10-21)27(33)19-32(17-23-6-5-14-36-23)28(34)30-24-7-3-4-8-25(24)35-2/h3-4,7-13,15,23H,5-6,14,16-19H2,1-2H3,(H,30,34). The summed E-state index contributed by atoms with van der Waals surface area (Å²) in [5.74, 6) is 0.00197. The lowest BCUT2D eigenvalue weighted by Gasteiger charge is -2.29. The number of aryl methyl sites for hydroxylation is 1. The van der Waals surface area contributed by atoms with Crippen molar-refractivity contribution in [1.82, 2.24) is 9.80 Å². The Morgan fingerprint density at radius 1 is 1.11 bits per heavy atom. The molecule has 1 atom stereocenters. The number of halogens is 1. The average Bonchev–Trinajstić information content (AvgIpc) is 3.56. The van der Waals surface area contributed by atoms with Gasteiger partial charge in [-0.05, 0) is 66.6 Å². The zero-order valence-corrected chi connectivity index (χ0v) is 21.9. The topological polar surface area (TPSA) is 71.1 Å². The molecule has 1 aromatic heterocycles. The lowest BCUT2D eigenvalue weighted by Crippen LogP contribution is -2.46. The van der Waals surface area contributed by atoms with E-state index in [1.807, 2.05) is 30.5 Å². The third-order valence-electron chi connectivity index (χ3n) is 6.35. The fourth-order valence-electron chi connectivity index (χ4n) is 4.24. The first-order valence-corrected chi connectivity index (χ1v) is 13.2. The summed E-state index contributed by atoms with van der Waals surface area (Å²) >= 11 is 1.58. The first-order chi connectivity index (χ1) is 17.9. The van der Waals surface area contributed by atoms with Gasteiger partial charge in [-0.3, -0.25) is 4.79 Å². The van der Waals surface area contributed by atoms with Gasteiger partial charge in [0.05, 0.1) is 25.4 Å². The number of carbonyl (C=O) groups is 2. The average molecular weight is 526 g/mol. The van der Waals surface area contributed by atoms with Crippen molar-refractivity contribution in [2.24, 2.45) is 0 Å². The van der Waals surface area contributed by atoms with Gasteiger partial charge in [0.1, 0.15) is 18.1 Å². The number of rotatable bonds is 10. The van der Waals surface area contributed by atoms with Gasteiger partial charge >= 0.3 is 6.03 Å². The van der Waals surface area contributed by atoms with Crippen molar-refractivity contribution in [2.75, 3.05) is 32.1 Å². The van der Waals surface area contributed by atoms with Crippen LogP contribution in [0.5, 0.6) is 5.75 Å². The van der Waals surface area contributed by atoms with Crippen LogP contribution >= 0.6 is 11.3 Å². The summed E-state index contributed by atoms with van der Waals surface area (Å²) in [4.78, 5) is 31.4. The second-order valence-corrected chi connectivity index (χ2v) is 10.0. The van der Waals surface area contributed by atoms with Crippen LogP contribution in [0.3, 0.4) is 0 Å². The van der Waals surface area contributed by atoms with E-state index in [0.717, 1.165) is 28.8 Å². The van der Waals surface area contributed by atoms with Crippen molar-refractivity contribution in [3.8, 4) is 5.75 Å². The van der Waals surface area contributed by atoms with Crippen LogP contribution in [0.2, 0.25) is 0 Å². The zero-order chi connectivity index (χ0) is 26.2. The third-order valence-corrected chi connectivity index (χ3v) is 7.36. The number of benzene rings is 2. The molecule has 0 radical (unpaired) electrons. The van der Waals surface area contributed by atoms with Gasteiger partial charge in [-0.1, -0.05) is 24.3 Å². The molecule has 0 aliphatic carbocycles. The SMILES string of the molecule is COc1ccccc1NC(=O)N(CC(=O)N(Cc1ccc(F)cc1)Cc1sccc1C)CC1CCCO1. The van der Waals surface area contributed by atoms with Crippen molar-refractivity contribution in [3.05, 3.63) is 81.8 Å². The normalized spacial score (nSPS) is 14.8. The molecule has 1 aliphatic rings. The predicted octanol–water partition coefficient (Wildman–Crippen LogP) is 5.45. The van der Waals surface area contributed by atoms with E-state index in [1.54, 1.807) is 47.6 Å². The molecule has 4 rings (SSSR count). The number of nitrogens with zero attached hydrogens (tertiary/aromatic N) is 2. The fraction of sp³-hybridized carbons (Fsp3) is 0.357. The van der Waals surface area contributed by atoms with Crippen LogP contribution in [-0.4, -0.2) is 54.6 Å². The van der Waals surface area contributed by atoms with Crippen LogP contribution in [0.15, 0.2) is 60.0 Å². The third kappa shape index (κ3) is 7.30. The van der Waals surface area contributed by atoms with Crippen molar-refractivity contribution in [1.29, 1.82) is 0 Å². The first kappa shape index (κ1) is 26.6. The fourth-order valence-corrected chi connectivity index (χ4v) is 5.16. The summed E-state index contributed by atoms with van der Waals surface area (Å²) in [6.45, 7) is 3.55. The van der Waals surface area contributed by atoms with Gasteiger partial charge in [-0.15, -0.1) is 11.3 Å². The van der Waals surface area contributed by atoms with Crippen molar-refractivity contribution >= 4 is 29.0 Å². The number of amides is 3.